The van der Waals surface area contributed by atoms with Gasteiger partial charge in [0.15, 0.2) is 6.10 Å². The molecule has 1 amide bonds. The van der Waals surface area contributed by atoms with Gasteiger partial charge in [-0.3, -0.25) is 4.79 Å². The van der Waals surface area contributed by atoms with Gasteiger partial charge in [-0.15, -0.1) is 11.8 Å². The van der Waals surface area contributed by atoms with Crippen LogP contribution in [0.3, 0.4) is 0 Å². The Morgan fingerprint density at radius 2 is 1.85 bits per heavy atom. The highest BCUT2D eigenvalue weighted by atomic mass is 32.2. The van der Waals surface area contributed by atoms with Gasteiger partial charge in [-0.1, -0.05) is 6.07 Å². The van der Waals surface area contributed by atoms with Crippen molar-refractivity contribution < 1.29 is 23.8 Å². The van der Waals surface area contributed by atoms with Crippen LogP contribution in [-0.4, -0.2) is 38.5 Å². The van der Waals surface area contributed by atoms with Crippen molar-refractivity contribution in [3.05, 3.63) is 48.0 Å². The summed E-state index contributed by atoms with van der Waals surface area (Å²) in [5, 5.41) is 2.69. The Morgan fingerprint density at radius 1 is 1.08 bits per heavy atom. The van der Waals surface area contributed by atoms with Crippen LogP contribution in [0.1, 0.15) is 17.3 Å². The minimum Gasteiger partial charge on any atom is -0.497 e. The minimum atomic E-state index is -0.973. The molecule has 7 heteroatoms. The predicted molar refractivity (Wildman–Crippen MR) is 101 cm³/mol. The van der Waals surface area contributed by atoms with E-state index in [1.165, 1.54) is 25.8 Å². The maximum atomic E-state index is 12.4. The Kier molecular flexibility index (Phi) is 6.91. The van der Waals surface area contributed by atoms with Gasteiger partial charge >= 0.3 is 5.97 Å². The van der Waals surface area contributed by atoms with E-state index in [1.54, 1.807) is 49.6 Å². The minimum absolute atomic E-state index is 0.270. The van der Waals surface area contributed by atoms with Crippen molar-refractivity contribution in [1.82, 2.24) is 0 Å². The number of methoxy groups -OCH3 is 2. The molecule has 0 aliphatic carbocycles. The molecule has 1 atom stereocenters. The molecule has 0 radical (unpaired) electrons. The summed E-state index contributed by atoms with van der Waals surface area (Å²) in [6.45, 7) is 1.51. The lowest BCUT2D eigenvalue weighted by atomic mass is 10.2. The van der Waals surface area contributed by atoms with E-state index < -0.39 is 18.0 Å². The molecule has 2 aromatic carbocycles. The highest BCUT2D eigenvalue weighted by molar-refractivity contribution is 7.98. The van der Waals surface area contributed by atoms with Gasteiger partial charge in [0.1, 0.15) is 17.1 Å². The Morgan fingerprint density at radius 3 is 2.50 bits per heavy atom. The number of benzene rings is 2. The predicted octanol–water partition coefficient (Wildman–Crippen LogP) is 3.61. The summed E-state index contributed by atoms with van der Waals surface area (Å²) in [6, 6.07) is 12.1. The second-order valence-corrected chi connectivity index (χ2v) is 6.21. The molecule has 0 aliphatic rings. The molecular formula is C19H21NO5S. The molecule has 0 saturated heterocycles. The number of hydrogen-bond acceptors (Lipinski definition) is 6. The van der Waals surface area contributed by atoms with Gasteiger partial charge in [0.25, 0.3) is 5.91 Å². The average Bonchev–Trinajstić information content (AvgIpc) is 2.67. The van der Waals surface area contributed by atoms with Crippen LogP contribution in [0.25, 0.3) is 0 Å². The van der Waals surface area contributed by atoms with E-state index in [9.17, 15) is 9.59 Å². The highest BCUT2D eigenvalue weighted by Gasteiger charge is 2.21. The molecule has 1 N–H and O–H groups in total. The van der Waals surface area contributed by atoms with Gasteiger partial charge in [0.2, 0.25) is 0 Å². The maximum Gasteiger partial charge on any atom is 0.342 e. The van der Waals surface area contributed by atoms with Crippen LogP contribution in [0, 0.1) is 0 Å². The van der Waals surface area contributed by atoms with E-state index in [0.29, 0.717) is 17.2 Å². The first kappa shape index (κ1) is 19.7. The lowest BCUT2D eigenvalue weighted by Crippen LogP contribution is -2.30. The Labute approximate surface area is 156 Å². The molecule has 2 rings (SSSR count). The molecular weight excluding hydrogens is 354 g/mol. The fourth-order valence-electron chi connectivity index (χ4n) is 2.19. The number of thioether (sulfide) groups is 1. The average molecular weight is 375 g/mol. The first-order valence-corrected chi connectivity index (χ1v) is 9.09. The zero-order valence-electron chi connectivity index (χ0n) is 15.1. The van der Waals surface area contributed by atoms with Crippen LogP contribution < -0.4 is 14.8 Å². The third kappa shape index (κ3) is 4.92. The van der Waals surface area contributed by atoms with Crippen LogP contribution in [0.4, 0.5) is 5.69 Å². The SMILES string of the molecule is COc1cccc(NC(=O)[C@H](C)OC(=O)c2ccc(SC)cc2OC)c1. The van der Waals surface area contributed by atoms with Crippen LogP contribution in [0.2, 0.25) is 0 Å². The number of hydrogen-bond donors (Lipinski definition) is 1. The number of esters is 1. The molecule has 26 heavy (non-hydrogen) atoms. The summed E-state index contributed by atoms with van der Waals surface area (Å²) in [5.74, 6) is -0.0394. The summed E-state index contributed by atoms with van der Waals surface area (Å²) in [6.07, 6.45) is 0.955. The molecule has 0 saturated carbocycles. The highest BCUT2D eigenvalue weighted by Crippen LogP contribution is 2.26. The number of rotatable bonds is 7. The van der Waals surface area contributed by atoms with Crippen molar-refractivity contribution in [2.75, 3.05) is 25.8 Å². The third-order valence-corrected chi connectivity index (χ3v) is 4.34. The van der Waals surface area contributed by atoms with Crippen molar-refractivity contribution in [2.45, 2.75) is 17.9 Å². The zero-order valence-corrected chi connectivity index (χ0v) is 15.9. The third-order valence-electron chi connectivity index (χ3n) is 3.62. The van der Waals surface area contributed by atoms with E-state index in [2.05, 4.69) is 5.32 Å². The quantitative estimate of drug-likeness (QED) is 0.589. The van der Waals surface area contributed by atoms with Crippen molar-refractivity contribution in [3.8, 4) is 11.5 Å². The van der Waals surface area contributed by atoms with Gasteiger partial charge < -0.3 is 19.5 Å². The van der Waals surface area contributed by atoms with E-state index in [1.807, 2.05) is 6.26 Å². The van der Waals surface area contributed by atoms with Crippen molar-refractivity contribution >= 4 is 29.3 Å². The summed E-state index contributed by atoms with van der Waals surface area (Å²) in [5.41, 5.74) is 0.825. The molecule has 0 aliphatic heterocycles. The number of carbonyl (C=O) groups excluding carboxylic acids is 2. The van der Waals surface area contributed by atoms with Gasteiger partial charge in [-0.25, -0.2) is 4.79 Å². The lowest BCUT2D eigenvalue weighted by molar-refractivity contribution is -0.123. The standard InChI is InChI=1S/C19H21NO5S/c1-12(18(21)20-13-6-5-7-14(10-13)23-2)25-19(22)16-9-8-15(26-4)11-17(16)24-3/h5-12H,1-4H3,(H,20,21)/t12-/m0/s1. The molecule has 0 spiro atoms. The molecule has 0 heterocycles. The van der Waals surface area contributed by atoms with Crippen LogP contribution in [-0.2, 0) is 9.53 Å². The molecule has 6 nitrogen and oxygen atoms in total. The van der Waals surface area contributed by atoms with Crippen molar-refractivity contribution in [3.63, 3.8) is 0 Å². The molecule has 0 unspecified atom stereocenters. The molecule has 138 valence electrons. The van der Waals surface area contributed by atoms with Crippen molar-refractivity contribution in [2.24, 2.45) is 0 Å². The largest absolute Gasteiger partial charge is 0.497 e. The number of ether oxygens (including phenoxy) is 3. The molecule has 0 bridgehead atoms. The van der Waals surface area contributed by atoms with Gasteiger partial charge in [0.05, 0.1) is 14.2 Å². The van der Waals surface area contributed by atoms with Gasteiger partial charge in [-0.05, 0) is 43.5 Å². The smallest absolute Gasteiger partial charge is 0.342 e. The second kappa shape index (κ2) is 9.15. The number of amides is 1. The summed E-state index contributed by atoms with van der Waals surface area (Å²) >= 11 is 1.54. The molecule has 0 fully saturated rings. The zero-order chi connectivity index (χ0) is 19.1. The van der Waals surface area contributed by atoms with Gasteiger partial charge in [0, 0.05) is 16.6 Å². The maximum absolute atomic E-state index is 12.4. The van der Waals surface area contributed by atoms with E-state index in [0.717, 1.165) is 4.90 Å². The topological polar surface area (TPSA) is 73.9 Å². The fourth-order valence-corrected chi connectivity index (χ4v) is 2.62. The number of anilines is 1. The number of carbonyl (C=O) groups is 2. The first-order valence-electron chi connectivity index (χ1n) is 7.86. The Hall–Kier alpha value is -2.67. The van der Waals surface area contributed by atoms with E-state index in [-0.39, 0.29) is 5.56 Å². The number of nitrogens with one attached hydrogen (secondary N) is 1. The van der Waals surface area contributed by atoms with Crippen molar-refractivity contribution in [1.29, 1.82) is 0 Å². The Bertz CT molecular complexity index is 793. The Balaban J connectivity index is 2.05. The summed E-state index contributed by atoms with van der Waals surface area (Å²) in [7, 11) is 3.02. The summed E-state index contributed by atoms with van der Waals surface area (Å²) < 4.78 is 15.6. The lowest BCUT2D eigenvalue weighted by Gasteiger charge is -2.15. The first-order chi connectivity index (χ1) is 12.5. The van der Waals surface area contributed by atoms with Gasteiger partial charge in [-0.2, -0.15) is 0 Å². The van der Waals surface area contributed by atoms with Crippen LogP contribution in [0.15, 0.2) is 47.4 Å². The molecule has 0 aromatic heterocycles. The van der Waals surface area contributed by atoms with E-state index in [4.69, 9.17) is 14.2 Å². The van der Waals surface area contributed by atoms with E-state index >= 15 is 0 Å². The summed E-state index contributed by atoms with van der Waals surface area (Å²) in [4.78, 5) is 25.6. The van der Waals surface area contributed by atoms with Crippen LogP contribution in [0.5, 0.6) is 11.5 Å². The monoisotopic (exact) mass is 375 g/mol. The van der Waals surface area contributed by atoms with Crippen LogP contribution >= 0.6 is 11.8 Å². The fraction of sp³-hybridized carbons (Fsp3) is 0.263. The molecule has 2 aromatic rings. The normalized spacial score (nSPS) is 11.4. The second-order valence-electron chi connectivity index (χ2n) is 5.33.